The molecule has 0 aliphatic heterocycles. The largest absolute Gasteiger partial charge is 0.461 e. The summed E-state index contributed by atoms with van der Waals surface area (Å²) in [5.41, 5.74) is 7.17. The van der Waals surface area contributed by atoms with Crippen LogP contribution in [0.25, 0.3) is 0 Å². The van der Waals surface area contributed by atoms with Gasteiger partial charge in [-0.2, -0.15) is 0 Å². The minimum absolute atomic E-state index is 0. The summed E-state index contributed by atoms with van der Waals surface area (Å²) in [6.45, 7) is 4.29. The zero-order valence-corrected chi connectivity index (χ0v) is 9.83. The van der Waals surface area contributed by atoms with Gasteiger partial charge in [0.15, 0.2) is 0 Å². The molecule has 0 aliphatic rings. The fraction of sp³-hybridized carbons (Fsp3) is 0.444. The Morgan fingerprint density at radius 2 is 2.29 bits per heavy atom. The van der Waals surface area contributed by atoms with Gasteiger partial charge in [-0.25, -0.2) is 4.79 Å². The number of hydrogen-bond donors (Lipinski definition) is 1. The first-order valence-electron chi connectivity index (χ1n) is 4.17. The zero-order valence-electron chi connectivity index (χ0n) is 8.20. The van der Waals surface area contributed by atoms with Crippen molar-refractivity contribution in [2.45, 2.75) is 20.3 Å². The summed E-state index contributed by atoms with van der Waals surface area (Å²) < 4.78 is 4.96. The van der Waals surface area contributed by atoms with Crippen molar-refractivity contribution in [3.63, 3.8) is 0 Å². The first-order valence-corrected chi connectivity index (χ1v) is 5.05. The van der Waals surface area contributed by atoms with Crippen LogP contribution in [0, 0.1) is 6.92 Å². The van der Waals surface area contributed by atoms with Crippen molar-refractivity contribution in [3.05, 3.63) is 15.8 Å². The Hall–Kier alpha value is -0.740. The van der Waals surface area contributed by atoms with Crippen LogP contribution < -0.4 is 5.73 Å². The molecule has 1 heterocycles. The molecule has 0 radical (unpaired) electrons. The van der Waals surface area contributed by atoms with E-state index in [9.17, 15) is 4.79 Å². The average Bonchev–Trinajstić information content (AvgIpc) is 2.44. The lowest BCUT2D eigenvalue weighted by Gasteiger charge is -2.01. The second kappa shape index (κ2) is 5.88. The number of halogens is 1. The minimum Gasteiger partial charge on any atom is -0.461 e. The van der Waals surface area contributed by atoms with Crippen molar-refractivity contribution >= 4 is 35.4 Å². The Morgan fingerprint density at radius 3 is 2.71 bits per heavy atom. The van der Waals surface area contributed by atoms with E-state index in [1.165, 1.54) is 11.3 Å². The third kappa shape index (κ3) is 2.89. The molecular formula is C9H14ClNO2S. The van der Waals surface area contributed by atoms with Crippen LogP contribution in [0.5, 0.6) is 0 Å². The van der Waals surface area contributed by atoms with E-state index in [0.29, 0.717) is 17.2 Å². The molecule has 0 saturated heterocycles. The highest BCUT2D eigenvalue weighted by Gasteiger charge is 2.14. The van der Waals surface area contributed by atoms with Gasteiger partial charge in [0.2, 0.25) is 0 Å². The van der Waals surface area contributed by atoms with Crippen LogP contribution in [-0.2, 0) is 4.74 Å². The topological polar surface area (TPSA) is 52.3 Å². The number of nitrogen functional groups attached to an aromatic ring is 1. The van der Waals surface area contributed by atoms with Crippen LogP contribution in [0.2, 0.25) is 0 Å². The fourth-order valence-electron chi connectivity index (χ4n) is 0.872. The SMILES string of the molecule is CCCOC(=O)c1scc(C)c1N.Cl. The van der Waals surface area contributed by atoms with E-state index in [2.05, 4.69) is 0 Å². The maximum atomic E-state index is 11.3. The maximum Gasteiger partial charge on any atom is 0.350 e. The smallest absolute Gasteiger partial charge is 0.350 e. The summed E-state index contributed by atoms with van der Waals surface area (Å²) in [5.74, 6) is -0.308. The van der Waals surface area contributed by atoms with E-state index >= 15 is 0 Å². The molecule has 1 aromatic heterocycles. The van der Waals surface area contributed by atoms with Gasteiger partial charge in [-0.3, -0.25) is 0 Å². The number of aryl methyl sites for hydroxylation is 1. The number of carbonyl (C=O) groups is 1. The maximum absolute atomic E-state index is 11.3. The molecule has 0 atom stereocenters. The quantitative estimate of drug-likeness (QED) is 0.820. The Kier molecular flexibility index (Phi) is 5.57. The van der Waals surface area contributed by atoms with Crippen LogP contribution in [0.4, 0.5) is 5.69 Å². The zero-order chi connectivity index (χ0) is 9.84. The summed E-state index contributed by atoms with van der Waals surface area (Å²) in [7, 11) is 0. The van der Waals surface area contributed by atoms with Gasteiger partial charge in [-0.1, -0.05) is 6.92 Å². The number of esters is 1. The highest BCUT2D eigenvalue weighted by molar-refractivity contribution is 7.12. The molecule has 14 heavy (non-hydrogen) atoms. The molecule has 0 aromatic carbocycles. The Balaban J connectivity index is 0.00000169. The van der Waals surface area contributed by atoms with Gasteiger partial charge in [0, 0.05) is 0 Å². The average molecular weight is 236 g/mol. The van der Waals surface area contributed by atoms with Crippen molar-refractivity contribution in [2.24, 2.45) is 0 Å². The Morgan fingerprint density at radius 1 is 1.64 bits per heavy atom. The number of anilines is 1. The first-order chi connectivity index (χ1) is 6.16. The molecule has 0 fully saturated rings. The number of rotatable bonds is 3. The van der Waals surface area contributed by atoms with E-state index in [-0.39, 0.29) is 18.4 Å². The van der Waals surface area contributed by atoms with Gasteiger partial charge in [0.25, 0.3) is 0 Å². The van der Waals surface area contributed by atoms with Gasteiger partial charge in [0.05, 0.1) is 12.3 Å². The monoisotopic (exact) mass is 235 g/mol. The molecule has 0 unspecified atom stereocenters. The van der Waals surface area contributed by atoms with Gasteiger partial charge >= 0.3 is 5.97 Å². The van der Waals surface area contributed by atoms with Gasteiger partial charge in [0.1, 0.15) is 4.88 Å². The van der Waals surface area contributed by atoms with E-state index in [0.717, 1.165) is 12.0 Å². The van der Waals surface area contributed by atoms with Crippen LogP contribution in [-0.4, -0.2) is 12.6 Å². The van der Waals surface area contributed by atoms with Crippen LogP contribution >= 0.6 is 23.7 Å². The Labute approximate surface area is 93.7 Å². The van der Waals surface area contributed by atoms with Crippen LogP contribution in [0.1, 0.15) is 28.6 Å². The van der Waals surface area contributed by atoms with E-state index in [4.69, 9.17) is 10.5 Å². The van der Waals surface area contributed by atoms with Gasteiger partial charge in [-0.15, -0.1) is 23.7 Å². The van der Waals surface area contributed by atoms with Gasteiger partial charge in [-0.05, 0) is 24.3 Å². The third-order valence-corrected chi connectivity index (χ3v) is 2.74. The second-order valence-corrected chi connectivity index (χ2v) is 3.68. The molecule has 0 amide bonds. The lowest BCUT2D eigenvalue weighted by atomic mass is 10.3. The van der Waals surface area contributed by atoms with Crippen LogP contribution in [0.3, 0.4) is 0 Å². The number of carbonyl (C=O) groups excluding carboxylic acids is 1. The predicted molar refractivity (Wildman–Crippen MR) is 61.3 cm³/mol. The predicted octanol–water partition coefficient (Wildman–Crippen LogP) is 2.63. The minimum atomic E-state index is -0.308. The summed E-state index contributed by atoms with van der Waals surface area (Å²) >= 11 is 1.34. The first kappa shape index (κ1) is 13.3. The normalized spacial score (nSPS) is 9.29. The number of hydrogen-bond acceptors (Lipinski definition) is 4. The van der Waals surface area contributed by atoms with Crippen molar-refractivity contribution < 1.29 is 9.53 Å². The van der Waals surface area contributed by atoms with Crippen molar-refractivity contribution in [2.75, 3.05) is 12.3 Å². The Bertz CT molecular complexity index is 312. The van der Waals surface area contributed by atoms with E-state index in [1.54, 1.807) is 0 Å². The van der Waals surface area contributed by atoms with Crippen LogP contribution in [0.15, 0.2) is 5.38 Å². The fourth-order valence-corrected chi connectivity index (χ4v) is 1.74. The molecule has 0 spiro atoms. The lowest BCUT2D eigenvalue weighted by Crippen LogP contribution is -2.06. The molecular weight excluding hydrogens is 222 g/mol. The summed E-state index contributed by atoms with van der Waals surface area (Å²) in [4.78, 5) is 11.9. The van der Waals surface area contributed by atoms with Crippen molar-refractivity contribution in [1.29, 1.82) is 0 Å². The number of ether oxygens (including phenoxy) is 1. The summed E-state index contributed by atoms with van der Waals surface area (Å²) in [6, 6.07) is 0. The molecule has 0 aliphatic carbocycles. The molecule has 5 heteroatoms. The molecule has 0 bridgehead atoms. The molecule has 1 rings (SSSR count). The molecule has 1 aromatic rings. The van der Waals surface area contributed by atoms with Crippen molar-refractivity contribution in [3.8, 4) is 0 Å². The van der Waals surface area contributed by atoms with E-state index in [1.807, 2.05) is 19.2 Å². The second-order valence-electron chi connectivity index (χ2n) is 2.80. The molecule has 2 N–H and O–H groups in total. The van der Waals surface area contributed by atoms with Gasteiger partial charge < -0.3 is 10.5 Å². The van der Waals surface area contributed by atoms with Crippen molar-refractivity contribution in [1.82, 2.24) is 0 Å². The lowest BCUT2D eigenvalue weighted by molar-refractivity contribution is 0.0512. The summed E-state index contributed by atoms with van der Waals surface area (Å²) in [5, 5.41) is 1.86. The molecule has 0 saturated carbocycles. The highest BCUT2D eigenvalue weighted by atomic mass is 35.5. The number of nitrogens with two attached hydrogens (primary N) is 1. The number of thiophene rings is 1. The standard InChI is InChI=1S/C9H13NO2S.ClH/c1-3-4-12-9(11)8-7(10)6(2)5-13-8;/h5H,3-4,10H2,1-2H3;1H. The third-order valence-electron chi connectivity index (χ3n) is 1.65. The highest BCUT2D eigenvalue weighted by Crippen LogP contribution is 2.24. The van der Waals surface area contributed by atoms with E-state index < -0.39 is 0 Å². The molecule has 3 nitrogen and oxygen atoms in total. The summed E-state index contributed by atoms with van der Waals surface area (Å²) in [6.07, 6.45) is 0.829. The molecule has 80 valence electrons.